The molecule has 1 aromatic carbocycles. The van der Waals surface area contributed by atoms with E-state index < -0.39 is 5.97 Å². The molecule has 0 bridgehead atoms. The molecule has 0 heterocycles. The van der Waals surface area contributed by atoms with Crippen molar-refractivity contribution >= 4 is 23.5 Å². The summed E-state index contributed by atoms with van der Waals surface area (Å²) >= 11 is 6.18. The van der Waals surface area contributed by atoms with Crippen molar-refractivity contribution < 1.29 is 14.7 Å². The number of amides is 1. The highest BCUT2D eigenvalue weighted by Gasteiger charge is 2.36. The second-order valence-corrected chi connectivity index (χ2v) is 6.10. The van der Waals surface area contributed by atoms with Crippen LogP contribution in [0.15, 0.2) is 24.3 Å². The van der Waals surface area contributed by atoms with Crippen molar-refractivity contribution in [2.45, 2.75) is 32.2 Å². The minimum absolute atomic E-state index is 0.00571. The van der Waals surface area contributed by atoms with Crippen molar-refractivity contribution in [3.05, 3.63) is 34.9 Å². The number of aliphatic carboxylic acids is 1. The summed E-state index contributed by atoms with van der Waals surface area (Å²) in [6.07, 6.45) is 1.67. The zero-order valence-corrected chi connectivity index (χ0v) is 13.0. The van der Waals surface area contributed by atoms with Gasteiger partial charge < -0.3 is 10.0 Å². The van der Waals surface area contributed by atoms with Crippen molar-refractivity contribution in [1.82, 2.24) is 4.90 Å². The van der Waals surface area contributed by atoms with Gasteiger partial charge in [0.25, 0.3) is 0 Å². The smallest absolute Gasteiger partial charge is 0.306 e. The lowest BCUT2D eigenvalue weighted by Gasteiger charge is -2.28. The van der Waals surface area contributed by atoms with Crippen LogP contribution < -0.4 is 0 Å². The Balaban J connectivity index is 2.06. The molecular weight excluding hydrogens is 290 g/mol. The summed E-state index contributed by atoms with van der Waals surface area (Å²) in [6, 6.07) is 7.34. The van der Waals surface area contributed by atoms with Crippen LogP contribution in [0.4, 0.5) is 0 Å². The van der Waals surface area contributed by atoms with Crippen molar-refractivity contribution in [2.75, 3.05) is 7.05 Å². The van der Waals surface area contributed by atoms with Crippen molar-refractivity contribution in [2.24, 2.45) is 11.8 Å². The summed E-state index contributed by atoms with van der Waals surface area (Å²) in [7, 11) is 1.75. The Bertz CT molecular complexity index is 546. The Kier molecular flexibility index (Phi) is 4.88. The second kappa shape index (κ2) is 6.48. The molecule has 4 nitrogen and oxygen atoms in total. The highest BCUT2D eigenvalue weighted by Crippen LogP contribution is 2.34. The van der Waals surface area contributed by atoms with E-state index in [1.165, 1.54) is 0 Å². The van der Waals surface area contributed by atoms with Crippen molar-refractivity contribution in [3.8, 4) is 0 Å². The quantitative estimate of drug-likeness (QED) is 0.927. The monoisotopic (exact) mass is 309 g/mol. The molecule has 3 atom stereocenters. The molecule has 0 spiro atoms. The molecule has 1 aliphatic carbocycles. The fourth-order valence-corrected chi connectivity index (χ4v) is 3.23. The number of carboxylic acid groups (broad SMARTS) is 1. The summed E-state index contributed by atoms with van der Waals surface area (Å²) in [5.41, 5.74) is 0.905. The van der Waals surface area contributed by atoms with Gasteiger partial charge in [0.05, 0.1) is 12.0 Å². The maximum atomic E-state index is 12.5. The number of hydrogen-bond donors (Lipinski definition) is 1. The molecule has 21 heavy (non-hydrogen) atoms. The summed E-state index contributed by atoms with van der Waals surface area (Å²) in [5.74, 6) is -1.37. The number of halogens is 1. The highest BCUT2D eigenvalue weighted by molar-refractivity contribution is 6.31. The number of hydrogen-bond acceptors (Lipinski definition) is 2. The SMILES string of the molecule is CC(c1ccccc1Cl)N(C)C(=O)C1CCC(C(=O)O)C1. The van der Waals surface area contributed by atoms with E-state index >= 15 is 0 Å². The molecule has 0 radical (unpaired) electrons. The molecule has 114 valence electrons. The van der Waals surface area contributed by atoms with Crippen LogP contribution in [0.5, 0.6) is 0 Å². The number of carbonyl (C=O) groups excluding carboxylic acids is 1. The van der Waals surface area contributed by atoms with E-state index in [1.807, 2.05) is 31.2 Å². The van der Waals surface area contributed by atoms with Gasteiger partial charge in [0, 0.05) is 18.0 Å². The first-order chi connectivity index (χ1) is 9.91. The summed E-state index contributed by atoms with van der Waals surface area (Å²) in [5, 5.41) is 9.67. The zero-order valence-electron chi connectivity index (χ0n) is 12.3. The predicted molar refractivity (Wildman–Crippen MR) is 81.1 cm³/mol. The van der Waals surface area contributed by atoms with Gasteiger partial charge in [-0.05, 0) is 37.8 Å². The Labute approximate surface area is 129 Å². The molecule has 1 fully saturated rings. The molecule has 1 N–H and O–H groups in total. The average molecular weight is 310 g/mol. The Morgan fingerprint density at radius 3 is 2.48 bits per heavy atom. The molecule has 1 saturated carbocycles. The van der Waals surface area contributed by atoms with Crippen LogP contribution in [0.1, 0.15) is 37.8 Å². The van der Waals surface area contributed by atoms with E-state index in [2.05, 4.69) is 0 Å². The average Bonchev–Trinajstić information content (AvgIpc) is 2.95. The van der Waals surface area contributed by atoms with E-state index in [0.29, 0.717) is 24.3 Å². The molecule has 0 saturated heterocycles. The molecule has 0 aromatic heterocycles. The first-order valence-corrected chi connectivity index (χ1v) is 7.53. The highest BCUT2D eigenvalue weighted by atomic mass is 35.5. The molecule has 0 aliphatic heterocycles. The lowest BCUT2D eigenvalue weighted by molar-refractivity contribution is -0.141. The van der Waals surface area contributed by atoms with Crippen LogP contribution in [-0.2, 0) is 9.59 Å². The van der Waals surface area contributed by atoms with E-state index in [1.54, 1.807) is 11.9 Å². The number of rotatable bonds is 4. The Hall–Kier alpha value is -1.55. The molecule has 1 amide bonds. The molecule has 1 aliphatic rings. The third-order valence-electron chi connectivity index (χ3n) is 4.41. The van der Waals surface area contributed by atoms with Crippen LogP contribution in [0.3, 0.4) is 0 Å². The molecule has 1 aromatic rings. The third-order valence-corrected chi connectivity index (χ3v) is 4.76. The first-order valence-electron chi connectivity index (χ1n) is 7.15. The maximum absolute atomic E-state index is 12.5. The van der Waals surface area contributed by atoms with Crippen LogP contribution >= 0.6 is 11.6 Å². The largest absolute Gasteiger partial charge is 0.481 e. The van der Waals surface area contributed by atoms with Gasteiger partial charge in [-0.3, -0.25) is 9.59 Å². The van der Waals surface area contributed by atoms with Crippen LogP contribution in [0.2, 0.25) is 5.02 Å². The fourth-order valence-electron chi connectivity index (χ4n) is 2.93. The van der Waals surface area contributed by atoms with Crippen LogP contribution in [0, 0.1) is 11.8 Å². The first kappa shape index (κ1) is 15.8. The fraction of sp³-hybridized carbons (Fsp3) is 0.500. The standard InChI is InChI=1S/C16H20ClNO3/c1-10(13-5-3-4-6-14(13)17)18(2)15(19)11-7-8-12(9-11)16(20)21/h3-6,10-12H,7-9H2,1-2H3,(H,20,21). The Morgan fingerprint density at radius 2 is 1.90 bits per heavy atom. The van der Waals surface area contributed by atoms with Gasteiger partial charge >= 0.3 is 5.97 Å². The Morgan fingerprint density at radius 1 is 1.29 bits per heavy atom. The molecular formula is C16H20ClNO3. The lowest BCUT2D eigenvalue weighted by Crippen LogP contribution is -2.34. The number of benzene rings is 1. The third kappa shape index (κ3) is 3.38. The molecule has 5 heteroatoms. The maximum Gasteiger partial charge on any atom is 0.306 e. The minimum Gasteiger partial charge on any atom is -0.481 e. The molecule has 3 unspecified atom stereocenters. The van der Waals surface area contributed by atoms with Gasteiger partial charge in [0.2, 0.25) is 5.91 Å². The predicted octanol–water partition coefficient (Wildman–Crippen LogP) is 3.36. The van der Waals surface area contributed by atoms with Gasteiger partial charge in [-0.1, -0.05) is 29.8 Å². The van der Waals surface area contributed by atoms with E-state index in [4.69, 9.17) is 16.7 Å². The van der Waals surface area contributed by atoms with Gasteiger partial charge in [-0.15, -0.1) is 0 Å². The van der Waals surface area contributed by atoms with E-state index in [0.717, 1.165) is 5.56 Å². The van der Waals surface area contributed by atoms with Crippen molar-refractivity contribution in [3.63, 3.8) is 0 Å². The van der Waals surface area contributed by atoms with Crippen LogP contribution in [-0.4, -0.2) is 28.9 Å². The van der Waals surface area contributed by atoms with Crippen molar-refractivity contribution in [1.29, 1.82) is 0 Å². The second-order valence-electron chi connectivity index (χ2n) is 5.69. The number of nitrogens with zero attached hydrogens (tertiary/aromatic N) is 1. The normalized spacial score (nSPS) is 22.8. The van der Waals surface area contributed by atoms with Gasteiger partial charge in [-0.25, -0.2) is 0 Å². The summed E-state index contributed by atoms with van der Waals surface area (Å²) < 4.78 is 0. The lowest BCUT2D eigenvalue weighted by atomic mass is 10.0. The molecule has 2 rings (SSSR count). The zero-order chi connectivity index (χ0) is 15.6. The van der Waals surface area contributed by atoms with Gasteiger partial charge in [0.15, 0.2) is 0 Å². The topological polar surface area (TPSA) is 57.6 Å². The minimum atomic E-state index is -0.799. The number of carbonyl (C=O) groups is 2. The van der Waals surface area contributed by atoms with Gasteiger partial charge in [0.1, 0.15) is 0 Å². The summed E-state index contributed by atoms with van der Waals surface area (Å²) in [4.78, 5) is 25.2. The van der Waals surface area contributed by atoms with Crippen LogP contribution in [0.25, 0.3) is 0 Å². The van der Waals surface area contributed by atoms with E-state index in [-0.39, 0.29) is 23.8 Å². The van der Waals surface area contributed by atoms with Gasteiger partial charge in [-0.2, -0.15) is 0 Å². The number of carboxylic acids is 1. The summed E-state index contributed by atoms with van der Waals surface area (Å²) in [6.45, 7) is 1.93. The van der Waals surface area contributed by atoms with E-state index in [9.17, 15) is 9.59 Å².